The molecule has 3 rings (SSSR count). The van der Waals surface area contributed by atoms with E-state index in [1.165, 1.54) is 0 Å². The zero-order valence-electron chi connectivity index (χ0n) is 11.3. The predicted molar refractivity (Wildman–Crippen MR) is 81.3 cm³/mol. The fraction of sp³-hybridized carbons (Fsp3) is 0.429. The van der Waals surface area contributed by atoms with Crippen molar-refractivity contribution < 1.29 is 4.79 Å². The number of thiazole rings is 1. The van der Waals surface area contributed by atoms with Gasteiger partial charge in [-0.05, 0) is 18.2 Å². The number of carbonyl (C=O) groups is 1. The van der Waals surface area contributed by atoms with Gasteiger partial charge in [0.1, 0.15) is 0 Å². The van der Waals surface area contributed by atoms with Crippen molar-refractivity contribution in [2.75, 3.05) is 39.3 Å². The Balaban J connectivity index is 1.53. The Morgan fingerprint density at radius 1 is 1.40 bits per heavy atom. The van der Waals surface area contributed by atoms with Gasteiger partial charge in [0.05, 0.1) is 15.7 Å². The molecule has 0 spiro atoms. The highest BCUT2D eigenvalue weighted by Gasteiger charge is 2.10. The van der Waals surface area contributed by atoms with Crippen LogP contribution in [0.4, 0.5) is 0 Å². The summed E-state index contributed by atoms with van der Waals surface area (Å²) in [6.07, 6.45) is 0. The summed E-state index contributed by atoms with van der Waals surface area (Å²) in [6.45, 7) is 5.80. The lowest BCUT2D eigenvalue weighted by Crippen LogP contribution is -2.46. The van der Waals surface area contributed by atoms with Crippen molar-refractivity contribution in [1.29, 1.82) is 0 Å². The molecule has 0 aliphatic carbocycles. The highest BCUT2D eigenvalue weighted by molar-refractivity contribution is 7.16. The molecule has 2 aromatic rings. The number of benzene rings is 1. The maximum atomic E-state index is 12.1. The monoisotopic (exact) mass is 290 g/mol. The number of amides is 1. The standard InChI is InChI=1S/C14H18N4OS/c19-14(16-5-8-18-6-3-15-4-7-18)11-1-2-12-13(9-11)20-10-17-12/h1-2,9-10,15H,3-8H2,(H,16,19). The van der Waals surface area contributed by atoms with Crippen LogP contribution in [0.2, 0.25) is 0 Å². The first kappa shape index (κ1) is 13.5. The molecule has 1 aliphatic heterocycles. The van der Waals surface area contributed by atoms with Gasteiger partial charge in [0.2, 0.25) is 0 Å². The van der Waals surface area contributed by atoms with Crippen LogP contribution in [0.1, 0.15) is 10.4 Å². The summed E-state index contributed by atoms with van der Waals surface area (Å²) >= 11 is 1.56. The van der Waals surface area contributed by atoms with Crippen molar-refractivity contribution in [3.63, 3.8) is 0 Å². The number of fused-ring (bicyclic) bond motifs is 1. The third-order valence-corrected chi connectivity index (χ3v) is 4.31. The molecule has 1 aromatic heterocycles. The molecule has 0 radical (unpaired) electrons. The van der Waals surface area contributed by atoms with E-state index in [1.807, 2.05) is 18.2 Å². The van der Waals surface area contributed by atoms with E-state index in [0.29, 0.717) is 12.1 Å². The second-order valence-corrected chi connectivity index (χ2v) is 5.77. The summed E-state index contributed by atoms with van der Waals surface area (Å²) in [5.74, 6) is -0.00423. The molecule has 2 heterocycles. The number of nitrogens with one attached hydrogen (secondary N) is 2. The van der Waals surface area contributed by atoms with E-state index in [9.17, 15) is 4.79 Å². The van der Waals surface area contributed by atoms with Crippen LogP contribution in [0.15, 0.2) is 23.7 Å². The second kappa shape index (κ2) is 6.30. The number of hydrogen-bond acceptors (Lipinski definition) is 5. The average Bonchev–Trinajstić information content (AvgIpc) is 2.95. The maximum Gasteiger partial charge on any atom is 0.251 e. The molecule has 1 fully saturated rings. The highest BCUT2D eigenvalue weighted by atomic mass is 32.1. The van der Waals surface area contributed by atoms with Crippen LogP contribution in [0, 0.1) is 0 Å². The van der Waals surface area contributed by atoms with E-state index in [0.717, 1.165) is 42.9 Å². The highest BCUT2D eigenvalue weighted by Crippen LogP contribution is 2.18. The van der Waals surface area contributed by atoms with Gasteiger partial charge in [-0.2, -0.15) is 0 Å². The molecular weight excluding hydrogens is 272 g/mol. The van der Waals surface area contributed by atoms with Gasteiger partial charge in [-0.25, -0.2) is 4.98 Å². The quantitative estimate of drug-likeness (QED) is 0.879. The molecule has 2 N–H and O–H groups in total. The molecule has 0 unspecified atom stereocenters. The lowest BCUT2D eigenvalue weighted by Gasteiger charge is -2.27. The SMILES string of the molecule is O=C(NCCN1CCNCC1)c1ccc2ncsc2c1. The smallest absolute Gasteiger partial charge is 0.251 e. The molecule has 0 saturated carbocycles. The van der Waals surface area contributed by atoms with Gasteiger partial charge in [-0.15, -0.1) is 11.3 Å². The molecule has 0 atom stereocenters. The Morgan fingerprint density at radius 3 is 3.10 bits per heavy atom. The first-order chi connectivity index (χ1) is 9.83. The molecule has 6 heteroatoms. The van der Waals surface area contributed by atoms with Crippen molar-refractivity contribution in [2.24, 2.45) is 0 Å². The fourth-order valence-corrected chi connectivity index (χ4v) is 3.08. The van der Waals surface area contributed by atoms with Crippen molar-refractivity contribution in [1.82, 2.24) is 20.5 Å². The summed E-state index contributed by atoms with van der Waals surface area (Å²) < 4.78 is 1.06. The summed E-state index contributed by atoms with van der Waals surface area (Å²) in [5.41, 5.74) is 3.46. The Hall–Kier alpha value is -1.50. The Labute approximate surface area is 122 Å². The second-order valence-electron chi connectivity index (χ2n) is 4.88. The first-order valence-electron chi connectivity index (χ1n) is 6.87. The Morgan fingerprint density at radius 2 is 2.25 bits per heavy atom. The van der Waals surface area contributed by atoms with Crippen LogP contribution in [-0.2, 0) is 0 Å². The minimum Gasteiger partial charge on any atom is -0.351 e. The Bertz CT molecular complexity index is 592. The minimum absolute atomic E-state index is 0.00423. The molecule has 1 saturated heterocycles. The number of hydrogen-bond donors (Lipinski definition) is 2. The molecule has 106 valence electrons. The van der Waals surface area contributed by atoms with E-state index in [2.05, 4.69) is 20.5 Å². The lowest BCUT2D eigenvalue weighted by molar-refractivity contribution is 0.0947. The van der Waals surface area contributed by atoms with E-state index in [1.54, 1.807) is 16.8 Å². The van der Waals surface area contributed by atoms with Crippen LogP contribution < -0.4 is 10.6 Å². The van der Waals surface area contributed by atoms with Gasteiger partial charge in [0, 0.05) is 44.8 Å². The predicted octanol–water partition coefficient (Wildman–Crippen LogP) is 0.931. The molecule has 1 aliphatic rings. The van der Waals surface area contributed by atoms with Crippen LogP contribution in [0.5, 0.6) is 0 Å². The molecule has 5 nitrogen and oxygen atoms in total. The van der Waals surface area contributed by atoms with Crippen molar-refractivity contribution in [3.8, 4) is 0 Å². The van der Waals surface area contributed by atoms with Crippen LogP contribution in [-0.4, -0.2) is 55.1 Å². The lowest BCUT2D eigenvalue weighted by atomic mass is 10.2. The largest absolute Gasteiger partial charge is 0.351 e. The summed E-state index contributed by atoms with van der Waals surface area (Å²) in [5, 5.41) is 6.31. The van der Waals surface area contributed by atoms with Gasteiger partial charge < -0.3 is 10.6 Å². The number of piperazine rings is 1. The van der Waals surface area contributed by atoms with E-state index in [-0.39, 0.29) is 5.91 Å². The average molecular weight is 290 g/mol. The third-order valence-electron chi connectivity index (χ3n) is 3.52. The van der Waals surface area contributed by atoms with E-state index >= 15 is 0 Å². The maximum absolute atomic E-state index is 12.1. The fourth-order valence-electron chi connectivity index (χ4n) is 2.36. The molecule has 1 aromatic carbocycles. The van der Waals surface area contributed by atoms with Crippen LogP contribution in [0.3, 0.4) is 0 Å². The van der Waals surface area contributed by atoms with Crippen molar-refractivity contribution in [2.45, 2.75) is 0 Å². The van der Waals surface area contributed by atoms with Gasteiger partial charge in [-0.3, -0.25) is 9.69 Å². The summed E-state index contributed by atoms with van der Waals surface area (Å²) in [7, 11) is 0. The van der Waals surface area contributed by atoms with Crippen LogP contribution in [0.25, 0.3) is 10.2 Å². The Kier molecular flexibility index (Phi) is 4.25. The van der Waals surface area contributed by atoms with Gasteiger partial charge in [-0.1, -0.05) is 0 Å². The van der Waals surface area contributed by atoms with Crippen LogP contribution >= 0.6 is 11.3 Å². The van der Waals surface area contributed by atoms with E-state index < -0.39 is 0 Å². The molecule has 1 amide bonds. The zero-order valence-corrected chi connectivity index (χ0v) is 12.1. The van der Waals surface area contributed by atoms with Gasteiger partial charge in [0.25, 0.3) is 5.91 Å². The first-order valence-corrected chi connectivity index (χ1v) is 7.75. The number of nitrogens with zero attached hydrogens (tertiary/aromatic N) is 2. The van der Waals surface area contributed by atoms with Gasteiger partial charge in [0.15, 0.2) is 0 Å². The molecular formula is C14H18N4OS. The summed E-state index contributed by atoms with van der Waals surface area (Å²) in [4.78, 5) is 18.7. The molecule has 20 heavy (non-hydrogen) atoms. The summed E-state index contributed by atoms with van der Waals surface area (Å²) in [6, 6.07) is 5.65. The number of aromatic nitrogens is 1. The third kappa shape index (κ3) is 3.15. The topological polar surface area (TPSA) is 57.3 Å². The number of carbonyl (C=O) groups excluding carboxylic acids is 1. The normalized spacial score (nSPS) is 16.4. The van der Waals surface area contributed by atoms with E-state index in [4.69, 9.17) is 0 Å². The van der Waals surface area contributed by atoms with Gasteiger partial charge >= 0.3 is 0 Å². The minimum atomic E-state index is -0.00423. The molecule has 0 bridgehead atoms. The number of rotatable bonds is 4. The zero-order chi connectivity index (χ0) is 13.8. The van der Waals surface area contributed by atoms with Crippen molar-refractivity contribution in [3.05, 3.63) is 29.3 Å². The van der Waals surface area contributed by atoms with Crippen molar-refractivity contribution >= 4 is 27.5 Å².